The van der Waals surface area contributed by atoms with E-state index < -0.39 is 57.3 Å². The molecule has 6 amide bonds. The average molecular weight is 796 g/mol. The van der Waals surface area contributed by atoms with Crippen molar-refractivity contribution in [2.24, 2.45) is 5.41 Å². The fourth-order valence-corrected chi connectivity index (χ4v) is 11.0. The number of aliphatic carboxylic acids is 1. The van der Waals surface area contributed by atoms with E-state index in [0.29, 0.717) is 16.9 Å². The van der Waals surface area contributed by atoms with Crippen LogP contribution in [0.1, 0.15) is 37.9 Å². The molecule has 0 aliphatic carbocycles. The highest BCUT2D eigenvalue weighted by molar-refractivity contribution is 8.05. The lowest BCUT2D eigenvalue weighted by Gasteiger charge is -2.59. The third kappa shape index (κ3) is 7.54. The molecular formula is C35H37N7O7S4. The molecule has 2 unspecified atom stereocenters. The zero-order chi connectivity index (χ0) is 38.1. The summed E-state index contributed by atoms with van der Waals surface area (Å²) in [6, 6.07) is 15.2. The maximum atomic E-state index is 14.3. The summed E-state index contributed by atoms with van der Waals surface area (Å²) in [5.74, 6) is -4.20. The van der Waals surface area contributed by atoms with Crippen molar-refractivity contribution in [2.45, 2.75) is 53.1 Å². The molecule has 18 heteroatoms. The smallest absolute Gasteiger partial charge is 0.352 e. The summed E-state index contributed by atoms with van der Waals surface area (Å²) < 4.78 is 4.69. The van der Waals surface area contributed by atoms with Crippen LogP contribution in [0.5, 0.6) is 0 Å². The molecule has 3 aromatic rings. The Bertz CT molecular complexity index is 1940. The molecule has 0 radical (unpaired) electrons. The first kappa shape index (κ1) is 38.3. The normalized spacial score (nSPS) is 22.3. The number of carbonyl (C=O) groups is 6. The molecule has 278 valence electrons. The Morgan fingerprint density at radius 1 is 1.02 bits per heavy atom. The van der Waals surface area contributed by atoms with Gasteiger partial charge in [0.1, 0.15) is 21.3 Å². The van der Waals surface area contributed by atoms with Gasteiger partial charge in [-0.15, -0.1) is 40.4 Å². The van der Waals surface area contributed by atoms with Crippen molar-refractivity contribution >= 4 is 82.4 Å². The quantitative estimate of drug-likeness (QED) is 0.111. The zero-order valence-electron chi connectivity index (χ0n) is 29.2. The van der Waals surface area contributed by atoms with E-state index in [-0.39, 0.29) is 30.6 Å². The molecule has 3 aliphatic heterocycles. The van der Waals surface area contributed by atoms with E-state index in [4.69, 9.17) is 0 Å². The fourth-order valence-electron chi connectivity index (χ4n) is 6.43. The molecule has 4 atom stereocenters. The molecule has 2 fully saturated rings. The third-order valence-electron chi connectivity index (χ3n) is 9.01. The van der Waals surface area contributed by atoms with Crippen LogP contribution in [0.15, 0.2) is 82.3 Å². The first-order valence-electron chi connectivity index (χ1n) is 16.5. The van der Waals surface area contributed by atoms with Crippen LogP contribution in [0.25, 0.3) is 0 Å². The number of urea groups is 1. The lowest BCUT2D eigenvalue weighted by atomic mass is 9.85. The summed E-state index contributed by atoms with van der Waals surface area (Å²) in [5, 5.41) is 18.7. The van der Waals surface area contributed by atoms with Gasteiger partial charge >= 0.3 is 23.8 Å². The molecule has 0 bridgehead atoms. The van der Waals surface area contributed by atoms with E-state index in [1.54, 1.807) is 42.8 Å². The van der Waals surface area contributed by atoms with Crippen LogP contribution in [-0.2, 0) is 30.5 Å². The molecule has 53 heavy (non-hydrogen) atoms. The Hall–Kier alpha value is -4.39. The minimum absolute atomic E-state index is 0.0914. The molecule has 2 saturated heterocycles. The molecule has 0 saturated carbocycles. The lowest BCUT2D eigenvalue weighted by molar-refractivity contribution is -0.154. The van der Waals surface area contributed by atoms with Gasteiger partial charge in [-0.3, -0.25) is 29.0 Å². The monoisotopic (exact) mass is 795 g/mol. The van der Waals surface area contributed by atoms with E-state index >= 15 is 0 Å². The first-order chi connectivity index (χ1) is 25.3. The van der Waals surface area contributed by atoms with Crippen LogP contribution in [-0.4, -0.2) is 106 Å². The summed E-state index contributed by atoms with van der Waals surface area (Å²) in [4.78, 5) is 83.1. The van der Waals surface area contributed by atoms with Gasteiger partial charge in [0.25, 0.3) is 5.91 Å². The van der Waals surface area contributed by atoms with E-state index in [2.05, 4.69) is 20.2 Å². The number of rotatable bonds is 11. The predicted octanol–water partition coefficient (Wildman–Crippen LogP) is 3.80. The van der Waals surface area contributed by atoms with Crippen LogP contribution in [0.4, 0.5) is 4.79 Å². The van der Waals surface area contributed by atoms with Gasteiger partial charge in [-0.2, -0.15) is 0 Å². The van der Waals surface area contributed by atoms with Gasteiger partial charge in [0, 0.05) is 30.6 Å². The van der Waals surface area contributed by atoms with E-state index in [1.807, 2.05) is 51.1 Å². The molecule has 6 rings (SSSR count). The topological polar surface area (TPSA) is 182 Å². The first-order valence-corrected chi connectivity index (χ1v) is 20.4. The van der Waals surface area contributed by atoms with Crippen LogP contribution in [0, 0.1) is 5.41 Å². The van der Waals surface area contributed by atoms with Gasteiger partial charge < -0.3 is 20.6 Å². The Balaban J connectivity index is 1.24. The third-order valence-corrected chi connectivity index (χ3v) is 14.3. The Kier molecular flexibility index (Phi) is 11.2. The number of imide groups is 1. The highest BCUT2D eigenvalue weighted by Crippen LogP contribution is 2.56. The number of hydrogen-bond acceptors (Lipinski definition) is 12. The Morgan fingerprint density at radius 3 is 2.30 bits per heavy atom. The fraction of sp³-hybridized carbons (Fsp3) is 0.371. The number of carboxylic acid groups (broad SMARTS) is 1. The van der Waals surface area contributed by atoms with Crippen molar-refractivity contribution in [3.63, 3.8) is 0 Å². The number of carbonyl (C=O) groups excluding carboxylic acids is 5. The number of thioether (sulfide) groups is 3. The second kappa shape index (κ2) is 15.5. The standard InChI is InChI=1S/C35H37N7O7S4/c1-34(2,3)26-22(19-51-23-17-36-39-53-23)25(30(46)47)42-31(48)35(50-4,32(42)52-26)38-27(43)24(21-13-9-6-10-14-21)37-33(49)41-16-15-40(28(44)29(41)45)18-20-11-7-5-8-12-20/h5-14,17,24,26,32H,15-16,18-19H2,1-4H3,(H,37,49)(H,38,43)(H,46,47)/t24?,26?,32-,35-/m0/s1. The van der Waals surface area contributed by atoms with Crippen molar-refractivity contribution in [2.75, 3.05) is 25.1 Å². The second-order valence-electron chi connectivity index (χ2n) is 13.5. The average Bonchev–Trinajstić information content (AvgIpc) is 3.67. The van der Waals surface area contributed by atoms with E-state index in [9.17, 15) is 33.9 Å². The molecule has 1 aromatic heterocycles. The number of piperazine rings is 1. The van der Waals surface area contributed by atoms with Crippen LogP contribution < -0.4 is 10.6 Å². The number of carboxylic acids is 1. The molecular weight excluding hydrogens is 759 g/mol. The number of amides is 6. The molecule has 14 nitrogen and oxygen atoms in total. The van der Waals surface area contributed by atoms with Gasteiger partial charge in [0.05, 0.1) is 6.20 Å². The van der Waals surface area contributed by atoms with Gasteiger partial charge in [-0.1, -0.05) is 85.9 Å². The van der Waals surface area contributed by atoms with Gasteiger partial charge in [-0.05, 0) is 39.9 Å². The molecule has 3 aliphatic rings. The van der Waals surface area contributed by atoms with Gasteiger partial charge in [0.2, 0.25) is 5.91 Å². The SMILES string of the molecule is CS[C@@]1(NC(=O)C(NC(=O)N2CCN(Cc3ccccc3)C(=O)C2=O)c2ccccc2)C(=O)N2C(C(=O)O)=C(CSc3cnns3)C(C(C)(C)C)S[C@H]21. The summed E-state index contributed by atoms with van der Waals surface area (Å²) in [6.45, 7) is 6.19. The molecule has 0 spiro atoms. The van der Waals surface area contributed by atoms with Crippen LogP contribution in [0.2, 0.25) is 0 Å². The van der Waals surface area contributed by atoms with Crippen LogP contribution in [0.3, 0.4) is 0 Å². The van der Waals surface area contributed by atoms with Crippen LogP contribution >= 0.6 is 46.8 Å². The number of fused-ring (bicyclic) bond motifs is 1. The van der Waals surface area contributed by atoms with Crippen molar-refractivity contribution in [3.8, 4) is 0 Å². The molecule has 3 N–H and O–H groups in total. The summed E-state index contributed by atoms with van der Waals surface area (Å²) in [7, 11) is 0. The lowest BCUT2D eigenvalue weighted by Crippen LogP contribution is -2.79. The number of aromatic nitrogens is 2. The largest absolute Gasteiger partial charge is 0.477 e. The summed E-state index contributed by atoms with van der Waals surface area (Å²) >= 11 is 5.06. The minimum atomic E-state index is -1.58. The Morgan fingerprint density at radius 2 is 1.70 bits per heavy atom. The summed E-state index contributed by atoms with van der Waals surface area (Å²) in [5.41, 5.74) is 1.22. The number of benzene rings is 2. The number of nitrogens with one attached hydrogen (secondary N) is 2. The van der Waals surface area contributed by atoms with Crippen molar-refractivity contribution in [1.82, 2.24) is 34.9 Å². The summed E-state index contributed by atoms with van der Waals surface area (Å²) in [6.07, 6.45) is 3.26. The highest BCUT2D eigenvalue weighted by atomic mass is 32.2. The Labute approximate surface area is 322 Å². The zero-order valence-corrected chi connectivity index (χ0v) is 32.4. The van der Waals surface area contributed by atoms with Crippen molar-refractivity contribution < 1.29 is 33.9 Å². The molecule has 4 heterocycles. The predicted molar refractivity (Wildman–Crippen MR) is 202 cm³/mol. The number of β-lactam (4-membered cyclic amide) rings is 1. The maximum absolute atomic E-state index is 14.3. The van der Waals surface area contributed by atoms with Crippen molar-refractivity contribution in [3.05, 3.63) is 89.3 Å². The molecule has 2 aromatic carbocycles. The second-order valence-corrected chi connectivity index (χ2v) is 17.8. The minimum Gasteiger partial charge on any atom is -0.477 e. The van der Waals surface area contributed by atoms with Crippen molar-refractivity contribution in [1.29, 1.82) is 0 Å². The van der Waals surface area contributed by atoms with E-state index in [1.165, 1.54) is 44.9 Å². The van der Waals surface area contributed by atoms with E-state index in [0.717, 1.165) is 26.4 Å². The van der Waals surface area contributed by atoms with Gasteiger partial charge in [-0.25, -0.2) is 9.59 Å². The number of nitrogens with zero attached hydrogens (tertiary/aromatic N) is 5. The van der Waals surface area contributed by atoms with Gasteiger partial charge in [0.15, 0.2) is 4.87 Å². The highest BCUT2D eigenvalue weighted by Gasteiger charge is 2.67. The number of hydrogen-bond donors (Lipinski definition) is 3. The maximum Gasteiger partial charge on any atom is 0.352 e.